The Bertz CT molecular complexity index is 653. The SMILES string of the molecule is CCCCCCCCCCCCCCCCCC[N+](C(=O)S)(C(C)CCCCCC)C1O[C@H](CO)[C@@H](O)[C@H](O)[C@H]1O. The molecule has 1 fully saturated rings. The zero-order valence-corrected chi connectivity index (χ0v) is 27.6. The second kappa shape index (κ2) is 23.2. The smallest absolute Gasteiger partial charge is 0.374 e. The Morgan fingerprint density at radius 1 is 0.683 bits per heavy atom. The van der Waals surface area contributed by atoms with Gasteiger partial charge in [-0.15, -0.1) is 0 Å². The summed E-state index contributed by atoms with van der Waals surface area (Å²) in [6.07, 6.45) is 18.7. The summed E-state index contributed by atoms with van der Waals surface area (Å²) < 4.78 is 5.76. The second-order valence-electron chi connectivity index (χ2n) is 12.7. The van der Waals surface area contributed by atoms with Crippen LogP contribution in [0.3, 0.4) is 0 Å². The molecule has 3 unspecified atom stereocenters. The Morgan fingerprint density at radius 2 is 1.10 bits per heavy atom. The molecule has 0 aromatic carbocycles. The van der Waals surface area contributed by atoms with Crippen LogP contribution in [0, 0.1) is 0 Å². The van der Waals surface area contributed by atoms with E-state index in [1.54, 1.807) is 0 Å². The van der Waals surface area contributed by atoms with E-state index in [4.69, 9.17) is 4.74 Å². The Balaban J connectivity index is 2.56. The highest BCUT2D eigenvalue weighted by Gasteiger charge is 2.57. The van der Waals surface area contributed by atoms with Crippen LogP contribution in [-0.4, -0.2) is 80.0 Å². The molecule has 1 rings (SSSR count). The fraction of sp³-hybridized carbons (Fsp3) is 0.970. The number of carbonyl (C=O) groups excluding carboxylic acids is 1. The maximum atomic E-state index is 13.3. The molecule has 4 N–H and O–H groups in total. The summed E-state index contributed by atoms with van der Waals surface area (Å²) in [5.74, 6) is 0. The topological polar surface area (TPSA) is 107 Å². The highest BCUT2D eigenvalue weighted by molar-refractivity contribution is 7.96. The highest BCUT2D eigenvalue weighted by Crippen LogP contribution is 2.35. The van der Waals surface area contributed by atoms with E-state index in [1.165, 1.54) is 83.5 Å². The standard InChI is InChI=1S/C33H65NO6S/c1-4-6-8-10-11-12-13-14-15-16-17-18-19-20-21-23-25-34(33(39)41,27(3)24-22-9-7-5-2)32-31(38)30(37)29(36)28(26-35)40-32/h27-32,35-38H,4-26H2,1-3H3/p+1/t27?,28-,29-,30+,31-,32?,34?/m1/s1. The molecule has 0 aliphatic carbocycles. The van der Waals surface area contributed by atoms with Crippen molar-refractivity contribution in [3.63, 3.8) is 0 Å². The van der Waals surface area contributed by atoms with Gasteiger partial charge in [-0.3, -0.25) is 0 Å². The van der Waals surface area contributed by atoms with Gasteiger partial charge < -0.3 is 25.2 Å². The Morgan fingerprint density at radius 3 is 1.51 bits per heavy atom. The van der Waals surface area contributed by atoms with Crippen molar-refractivity contribution in [1.29, 1.82) is 0 Å². The summed E-state index contributed by atoms with van der Waals surface area (Å²) in [7, 11) is 0. The number of aliphatic hydroxyl groups excluding tert-OH is 4. The van der Waals surface area contributed by atoms with E-state index in [-0.39, 0.29) is 10.5 Å². The molecule has 1 aliphatic heterocycles. The van der Waals surface area contributed by atoms with Gasteiger partial charge >= 0.3 is 5.24 Å². The van der Waals surface area contributed by atoms with E-state index in [9.17, 15) is 25.2 Å². The van der Waals surface area contributed by atoms with Crippen molar-refractivity contribution in [2.75, 3.05) is 13.2 Å². The summed E-state index contributed by atoms with van der Waals surface area (Å²) >= 11 is 4.31. The maximum absolute atomic E-state index is 13.3. The summed E-state index contributed by atoms with van der Waals surface area (Å²) in [6.45, 7) is 6.35. The van der Waals surface area contributed by atoms with Crippen molar-refractivity contribution in [2.24, 2.45) is 0 Å². The summed E-state index contributed by atoms with van der Waals surface area (Å²) in [5, 5.41) is 41.2. The number of carbonyl (C=O) groups is 1. The van der Waals surface area contributed by atoms with E-state index in [0.717, 1.165) is 51.4 Å². The lowest BCUT2D eigenvalue weighted by Crippen LogP contribution is -2.73. The van der Waals surface area contributed by atoms with Gasteiger partial charge in [0.15, 0.2) is 6.10 Å². The lowest BCUT2D eigenvalue weighted by Gasteiger charge is -2.51. The minimum Gasteiger partial charge on any atom is -0.394 e. The van der Waals surface area contributed by atoms with Crippen molar-refractivity contribution in [3.05, 3.63) is 0 Å². The molecular weight excluding hydrogens is 538 g/mol. The molecule has 0 radical (unpaired) electrons. The molecule has 41 heavy (non-hydrogen) atoms. The first-order chi connectivity index (χ1) is 19.8. The van der Waals surface area contributed by atoms with Crippen LogP contribution in [-0.2, 0) is 4.74 Å². The van der Waals surface area contributed by atoms with Gasteiger partial charge in [0, 0.05) is 0 Å². The largest absolute Gasteiger partial charge is 0.394 e. The number of ether oxygens (including phenoxy) is 1. The minimum absolute atomic E-state index is 0.186. The first-order valence-corrected chi connectivity index (χ1v) is 17.6. The zero-order chi connectivity index (χ0) is 30.5. The van der Waals surface area contributed by atoms with Gasteiger partial charge in [0.25, 0.3) is 0 Å². The number of thiol groups is 1. The fourth-order valence-electron chi connectivity index (χ4n) is 6.47. The molecule has 0 aromatic rings. The monoisotopic (exact) mass is 604 g/mol. The van der Waals surface area contributed by atoms with Crippen LogP contribution >= 0.6 is 12.6 Å². The predicted molar refractivity (Wildman–Crippen MR) is 171 cm³/mol. The van der Waals surface area contributed by atoms with Crippen molar-refractivity contribution in [3.8, 4) is 0 Å². The molecule has 1 heterocycles. The number of hydrogen-bond acceptors (Lipinski definition) is 6. The van der Waals surface area contributed by atoms with Gasteiger partial charge in [-0.25, -0.2) is 9.28 Å². The number of rotatable bonds is 25. The average molecular weight is 605 g/mol. The van der Waals surface area contributed by atoms with E-state index in [1.807, 2.05) is 6.92 Å². The third-order valence-corrected chi connectivity index (χ3v) is 9.69. The Kier molecular flexibility index (Phi) is 22.0. The van der Waals surface area contributed by atoms with Crippen LogP contribution in [0.15, 0.2) is 0 Å². The molecule has 0 spiro atoms. The fourth-order valence-corrected chi connectivity index (χ4v) is 6.88. The van der Waals surface area contributed by atoms with Crippen molar-refractivity contribution < 1.29 is 34.4 Å². The van der Waals surface area contributed by atoms with E-state index < -0.39 is 42.5 Å². The molecule has 7 atom stereocenters. The van der Waals surface area contributed by atoms with Gasteiger partial charge in [-0.2, -0.15) is 0 Å². The Labute approximate surface area is 257 Å². The molecule has 8 heteroatoms. The second-order valence-corrected chi connectivity index (χ2v) is 13.0. The van der Waals surface area contributed by atoms with Gasteiger partial charge in [0.05, 0.1) is 19.2 Å². The molecule has 1 saturated heterocycles. The van der Waals surface area contributed by atoms with Crippen LogP contribution in [0.2, 0.25) is 0 Å². The number of quaternary nitrogens is 1. The van der Waals surface area contributed by atoms with E-state index >= 15 is 0 Å². The average Bonchev–Trinajstić information content (AvgIpc) is 2.96. The number of aliphatic hydroxyl groups is 4. The van der Waals surface area contributed by atoms with Crippen molar-refractivity contribution in [1.82, 2.24) is 0 Å². The van der Waals surface area contributed by atoms with Crippen LogP contribution in [0.1, 0.15) is 156 Å². The molecule has 0 bridgehead atoms. The van der Waals surface area contributed by atoms with Gasteiger partial charge in [-0.1, -0.05) is 123 Å². The van der Waals surface area contributed by atoms with E-state index in [0.29, 0.717) is 6.54 Å². The lowest BCUT2D eigenvalue weighted by molar-refractivity contribution is -0.924. The summed E-state index contributed by atoms with van der Waals surface area (Å²) in [6, 6.07) is -0.186. The molecule has 1 aliphatic rings. The number of nitrogens with zero attached hydrogens (tertiary/aromatic N) is 1. The molecule has 0 aromatic heterocycles. The molecule has 244 valence electrons. The van der Waals surface area contributed by atoms with Gasteiger partial charge in [0.1, 0.15) is 18.3 Å². The summed E-state index contributed by atoms with van der Waals surface area (Å²) in [5.41, 5.74) is 0. The van der Waals surface area contributed by atoms with E-state index in [2.05, 4.69) is 26.5 Å². The van der Waals surface area contributed by atoms with Gasteiger partial charge in [-0.05, 0) is 45.2 Å². The van der Waals surface area contributed by atoms with Gasteiger partial charge in [0.2, 0.25) is 6.23 Å². The normalized spacial score (nSPS) is 25.2. The zero-order valence-electron chi connectivity index (χ0n) is 26.7. The molecule has 1 amide bonds. The number of hydrogen-bond donors (Lipinski definition) is 5. The Hall–Kier alpha value is -0.220. The maximum Gasteiger partial charge on any atom is 0.374 e. The third-order valence-electron chi connectivity index (χ3n) is 9.32. The first kappa shape index (κ1) is 38.8. The molecular formula is C33H66NO6S+. The first-order valence-electron chi connectivity index (χ1n) is 17.2. The molecule has 7 nitrogen and oxygen atoms in total. The predicted octanol–water partition coefficient (Wildman–Crippen LogP) is 7.27. The quantitative estimate of drug-likeness (QED) is 0.0426. The number of unbranched alkanes of at least 4 members (excludes halogenated alkanes) is 18. The molecule has 0 saturated carbocycles. The third kappa shape index (κ3) is 13.5. The van der Waals surface area contributed by atoms with Crippen LogP contribution in [0.25, 0.3) is 0 Å². The minimum atomic E-state index is -1.51. The highest BCUT2D eigenvalue weighted by atomic mass is 32.1. The van der Waals surface area contributed by atoms with Crippen LogP contribution in [0.5, 0.6) is 0 Å². The number of amides is 1. The van der Waals surface area contributed by atoms with Crippen molar-refractivity contribution >= 4 is 17.9 Å². The summed E-state index contributed by atoms with van der Waals surface area (Å²) in [4.78, 5) is 13.3. The lowest BCUT2D eigenvalue weighted by atomic mass is 9.94. The van der Waals surface area contributed by atoms with Crippen LogP contribution in [0.4, 0.5) is 4.79 Å². The van der Waals surface area contributed by atoms with Crippen LogP contribution < -0.4 is 0 Å². The van der Waals surface area contributed by atoms with Crippen molar-refractivity contribution in [2.45, 2.75) is 192 Å².